The van der Waals surface area contributed by atoms with Gasteiger partial charge in [0.25, 0.3) is 0 Å². The third kappa shape index (κ3) is 2.57. The number of hydrogen-bond acceptors (Lipinski definition) is 4. The van der Waals surface area contributed by atoms with Crippen molar-refractivity contribution in [3.05, 3.63) is 46.7 Å². The van der Waals surface area contributed by atoms with Crippen LogP contribution in [-0.4, -0.2) is 21.0 Å². The van der Waals surface area contributed by atoms with Crippen molar-refractivity contribution in [3.63, 3.8) is 0 Å². The fraction of sp³-hybridized carbons (Fsp3) is 0.0833. The predicted molar refractivity (Wildman–Crippen MR) is 65.3 cm³/mol. The highest BCUT2D eigenvalue weighted by molar-refractivity contribution is 6.30. The van der Waals surface area contributed by atoms with Gasteiger partial charge in [-0.15, -0.1) is 0 Å². The molecule has 92 valence electrons. The van der Waals surface area contributed by atoms with Gasteiger partial charge in [0, 0.05) is 5.56 Å². The number of halogens is 1. The van der Waals surface area contributed by atoms with Crippen LogP contribution in [0, 0.1) is 6.92 Å². The Labute approximate surface area is 108 Å². The zero-order chi connectivity index (χ0) is 13.1. The summed E-state index contributed by atoms with van der Waals surface area (Å²) in [5, 5.41) is 9.39. The quantitative estimate of drug-likeness (QED) is 0.923. The Bertz CT molecular complexity index is 584. The summed E-state index contributed by atoms with van der Waals surface area (Å²) in [6.45, 7) is 1.66. The van der Waals surface area contributed by atoms with Gasteiger partial charge in [-0.2, -0.15) is 0 Å². The van der Waals surface area contributed by atoms with E-state index >= 15 is 0 Å². The highest BCUT2D eigenvalue weighted by Gasteiger charge is 2.12. The van der Waals surface area contributed by atoms with E-state index in [1.165, 1.54) is 18.5 Å². The van der Waals surface area contributed by atoms with Gasteiger partial charge in [0.05, 0.1) is 23.0 Å². The molecular formula is C12H9ClN2O3. The Morgan fingerprint density at radius 2 is 2.00 bits per heavy atom. The Balaban J connectivity index is 2.32. The molecule has 0 bridgehead atoms. The monoisotopic (exact) mass is 264 g/mol. The van der Waals surface area contributed by atoms with E-state index < -0.39 is 5.97 Å². The standard InChI is InChI=1S/C12H9ClN2O3/c1-7-9(11(16)17)3-2-4-10(7)18-12-14-5-8(13)6-15-12/h2-6H,1H3,(H,16,17). The highest BCUT2D eigenvalue weighted by Crippen LogP contribution is 2.25. The van der Waals surface area contributed by atoms with E-state index in [4.69, 9.17) is 21.4 Å². The molecule has 0 saturated carbocycles. The lowest BCUT2D eigenvalue weighted by molar-refractivity contribution is 0.0695. The zero-order valence-corrected chi connectivity index (χ0v) is 10.2. The summed E-state index contributed by atoms with van der Waals surface area (Å²) in [5.41, 5.74) is 0.699. The molecule has 0 aliphatic rings. The third-order valence-corrected chi connectivity index (χ3v) is 2.51. The number of carboxylic acid groups (broad SMARTS) is 1. The molecule has 0 atom stereocenters. The first-order valence-electron chi connectivity index (χ1n) is 5.06. The van der Waals surface area contributed by atoms with Crippen molar-refractivity contribution < 1.29 is 14.6 Å². The fourth-order valence-electron chi connectivity index (χ4n) is 1.41. The van der Waals surface area contributed by atoms with Gasteiger partial charge < -0.3 is 9.84 Å². The first-order valence-corrected chi connectivity index (χ1v) is 5.44. The maximum atomic E-state index is 11.0. The molecule has 1 aromatic carbocycles. The molecule has 0 amide bonds. The first-order chi connectivity index (χ1) is 8.58. The largest absolute Gasteiger partial charge is 0.478 e. The Hall–Kier alpha value is -2.14. The smallest absolute Gasteiger partial charge is 0.336 e. The number of hydrogen-bond donors (Lipinski definition) is 1. The van der Waals surface area contributed by atoms with Crippen LogP contribution in [0.15, 0.2) is 30.6 Å². The lowest BCUT2D eigenvalue weighted by Crippen LogP contribution is -2.01. The molecule has 2 rings (SSSR count). The number of aromatic nitrogens is 2. The number of carbonyl (C=O) groups is 1. The van der Waals surface area contributed by atoms with Gasteiger partial charge in [0.15, 0.2) is 0 Å². The molecule has 2 aromatic rings. The van der Waals surface area contributed by atoms with Crippen molar-refractivity contribution in [2.45, 2.75) is 6.92 Å². The van der Waals surface area contributed by atoms with E-state index in [2.05, 4.69) is 9.97 Å². The Morgan fingerprint density at radius 3 is 2.61 bits per heavy atom. The van der Waals surface area contributed by atoms with E-state index in [1.54, 1.807) is 19.1 Å². The Morgan fingerprint density at radius 1 is 1.33 bits per heavy atom. The van der Waals surface area contributed by atoms with E-state index in [0.717, 1.165) is 0 Å². The van der Waals surface area contributed by atoms with Crippen LogP contribution in [0.1, 0.15) is 15.9 Å². The molecule has 0 radical (unpaired) electrons. The molecule has 6 heteroatoms. The van der Waals surface area contributed by atoms with E-state index in [1.807, 2.05) is 0 Å². The summed E-state index contributed by atoms with van der Waals surface area (Å²) in [7, 11) is 0. The number of nitrogens with zero attached hydrogens (tertiary/aromatic N) is 2. The summed E-state index contributed by atoms with van der Waals surface area (Å²) in [6, 6.07) is 4.87. The molecule has 0 aliphatic heterocycles. The van der Waals surface area contributed by atoms with Crippen LogP contribution >= 0.6 is 11.6 Å². The average Bonchev–Trinajstić information content (AvgIpc) is 2.34. The van der Waals surface area contributed by atoms with Gasteiger partial charge in [0.1, 0.15) is 5.75 Å². The summed E-state index contributed by atoms with van der Waals surface area (Å²) >= 11 is 5.65. The van der Waals surface area contributed by atoms with Crippen molar-refractivity contribution in [3.8, 4) is 11.8 Å². The first kappa shape index (κ1) is 12.3. The van der Waals surface area contributed by atoms with E-state index in [0.29, 0.717) is 16.3 Å². The second-order valence-corrected chi connectivity index (χ2v) is 3.96. The third-order valence-electron chi connectivity index (χ3n) is 2.31. The predicted octanol–water partition coefficient (Wildman–Crippen LogP) is 2.93. The van der Waals surface area contributed by atoms with Crippen molar-refractivity contribution in [2.75, 3.05) is 0 Å². The second-order valence-electron chi connectivity index (χ2n) is 3.52. The average molecular weight is 265 g/mol. The van der Waals surface area contributed by atoms with Gasteiger partial charge in [0.2, 0.25) is 0 Å². The van der Waals surface area contributed by atoms with Crippen LogP contribution in [0.3, 0.4) is 0 Å². The number of aromatic carboxylic acids is 1. The molecule has 1 aromatic heterocycles. The molecule has 0 fully saturated rings. The molecule has 5 nitrogen and oxygen atoms in total. The number of rotatable bonds is 3. The van der Waals surface area contributed by atoms with E-state index in [-0.39, 0.29) is 11.6 Å². The fourth-order valence-corrected chi connectivity index (χ4v) is 1.51. The van der Waals surface area contributed by atoms with Crippen LogP contribution in [0.5, 0.6) is 11.8 Å². The van der Waals surface area contributed by atoms with Crippen molar-refractivity contribution in [2.24, 2.45) is 0 Å². The van der Waals surface area contributed by atoms with Gasteiger partial charge in [-0.3, -0.25) is 0 Å². The van der Waals surface area contributed by atoms with Crippen LogP contribution < -0.4 is 4.74 Å². The molecule has 0 aliphatic carbocycles. The minimum absolute atomic E-state index is 0.116. The van der Waals surface area contributed by atoms with Gasteiger partial charge in [-0.1, -0.05) is 17.7 Å². The molecular weight excluding hydrogens is 256 g/mol. The minimum Gasteiger partial charge on any atom is -0.478 e. The van der Waals surface area contributed by atoms with Crippen LogP contribution in [0.2, 0.25) is 5.02 Å². The van der Waals surface area contributed by atoms with Gasteiger partial charge >= 0.3 is 12.0 Å². The van der Waals surface area contributed by atoms with Crippen LogP contribution in [0.25, 0.3) is 0 Å². The second kappa shape index (κ2) is 5.01. The molecule has 1 heterocycles. The summed E-state index contributed by atoms with van der Waals surface area (Å²) in [6.07, 6.45) is 2.81. The molecule has 0 spiro atoms. The van der Waals surface area contributed by atoms with E-state index in [9.17, 15) is 4.79 Å². The number of benzene rings is 1. The molecule has 0 saturated heterocycles. The normalized spacial score (nSPS) is 10.1. The minimum atomic E-state index is -1.00. The summed E-state index contributed by atoms with van der Waals surface area (Å²) in [5.74, 6) is -0.604. The molecule has 1 N–H and O–H groups in total. The van der Waals surface area contributed by atoms with Gasteiger partial charge in [-0.05, 0) is 19.1 Å². The Kier molecular flexibility index (Phi) is 3.43. The van der Waals surface area contributed by atoms with Crippen LogP contribution in [-0.2, 0) is 0 Å². The topological polar surface area (TPSA) is 72.3 Å². The van der Waals surface area contributed by atoms with Gasteiger partial charge in [-0.25, -0.2) is 14.8 Å². The summed E-state index contributed by atoms with van der Waals surface area (Å²) < 4.78 is 5.41. The van der Waals surface area contributed by atoms with Crippen LogP contribution in [0.4, 0.5) is 0 Å². The lowest BCUT2D eigenvalue weighted by Gasteiger charge is -2.08. The SMILES string of the molecule is Cc1c(Oc2ncc(Cl)cn2)cccc1C(=O)O. The number of ether oxygens (including phenoxy) is 1. The van der Waals surface area contributed by atoms with Crippen molar-refractivity contribution >= 4 is 17.6 Å². The zero-order valence-electron chi connectivity index (χ0n) is 9.42. The molecule has 18 heavy (non-hydrogen) atoms. The maximum absolute atomic E-state index is 11.0. The maximum Gasteiger partial charge on any atom is 0.336 e. The summed E-state index contributed by atoms with van der Waals surface area (Å²) in [4.78, 5) is 18.7. The number of carboxylic acids is 1. The van der Waals surface area contributed by atoms with Crippen molar-refractivity contribution in [1.29, 1.82) is 0 Å². The van der Waals surface area contributed by atoms with Crippen molar-refractivity contribution in [1.82, 2.24) is 9.97 Å². The lowest BCUT2D eigenvalue weighted by atomic mass is 10.1. The molecule has 0 unspecified atom stereocenters. The highest BCUT2D eigenvalue weighted by atomic mass is 35.5.